The van der Waals surface area contributed by atoms with Crippen molar-refractivity contribution in [2.24, 2.45) is 23.2 Å². The number of nitrogens with zero attached hydrogens (tertiary/aromatic N) is 2. The molecule has 0 saturated heterocycles. The molecule has 6 rings (SSSR count). The minimum absolute atomic E-state index is 0.0456. The minimum Gasteiger partial charge on any atom is -0.451 e. The van der Waals surface area contributed by atoms with Crippen molar-refractivity contribution in [3.8, 4) is 11.5 Å². The zero-order valence-electron chi connectivity index (χ0n) is 17.9. The van der Waals surface area contributed by atoms with Gasteiger partial charge in [-0.25, -0.2) is 0 Å². The van der Waals surface area contributed by atoms with Crippen LogP contribution in [0.3, 0.4) is 0 Å². The zero-order chi connectivity index (χ0) is 21.4. The molecule has 1 atom stereocenters. The van der Waals surface area contributed by atoms with Crippen LogP contribution < -0.4 is 5.32 Å². The van der Waals surface area contributed by atoms with Gasteiger partial charge in [0, 0.05) is 12.0 Å². The van der Waals surface area contributed by atoms with Gasteiger partial charge in [0.2, 0.25) is 11.8 Å². The third-order valence-corrected chi connectivity index (χ3v) is 7.25. The Morgan fingerprint density at radius 1 is 1.10 bits per heavy atom. The second-order valence-corrected chi connectivity index (χ2v) is 9.81. The number of esters is 1. The van der Waals surface area contributed by atoms with E-state index in [4.69, 9.17) is 9.15 Å². The number of benzene rings is 1. The number of rotatable bonds is 7. The first-order chi connectivity index (χ1) is 15.0. The van der Waals surface area contributed by atoms with Crippen LogP contribution >= 0.6 is 0 Å². The van der Waals surface area contributed by atoms with E-state index < -0.39 is 12.1 Å². The molecule has 2 aromatic rings. The Morgan fingerprint density at radius 3 is 2.39 bits per heavy atom. The van der Waals surface area contributed by atoms with Crippen molar-refractivity contribution in [1.82, 2.24) is 15.5 Å². The van der Waals surface area contributed by atoms with Gasteiger partial charge in [-0.15, -0.1) is 10.2 Å². The highest BCUT2D eigenvalue weighted by molar-refractivity contribution is 5.82. The van der Waals surface area contributed by atoms with Crippen molar-refractivity contribution >= 4 is 11.9 Å². The molecular formula is C24H29N3O4. The standard InChI is InChI=1S/C24H29N3O4/c1-15(22-26-27-23(31-22)19-5-3-2-4-6-19)30-21(29)14-25-20(28)13-24-10-16-7-17(11-24)9-18(8-16)12-24/h2-6,15-18H,7-14H2,1H3,(H,25,28). The van der Waals surface area contributed by atoms with Gasteiger partial charge in [0.1, 0.15) is 6.54 Å². The van der Waals surface area contributed by atoms with Crippen LogP contribution in [-0.2, 0) is 14.3 Å². The number of aromatic nitrogens is 2. The van der Waals surface area contributed by atoms with Gasteiger partial charge < -0.3 is 14.5 Å². The Balaban J connectivity index is 1.10. The van der Waals surface area contributed by atoms with E-state index in [1.807, 2.05) is 30.3 Å². The zero-order valence-corrected chi connectivity index (χ0v) is 17.9. The molecule has 4 bridgehead atoms. The van der Waals surface area contributed by atoms with Crippen molar-refractivity contribution in [3.05, 3.63) is 36.2 Å². The first-order valence-electron chi connectivity index (χ1n) is 11.3. The van der Waals surface area contributed by atoms with Gasteiger partial charge >= 0.3 is 5.97 Å². The van der Waals surface area contributed by atoms with Crippen molar-refractivity contribution in [1.29, 1.82) is 0 Å². The van der Waals surface area contributed by atoms with E-state index in [0.29, 0.717) is 12.3 Å². The second kappa shape index (κ2) is 8.09. The summed E-state index contributed by atoms with van der Waals surface area (Å²) < 4.78 is 11.0. The highest BCUT2D eigenvalue weighted by Gasteiger charge is 2.51. The Hall–Kier alpha value is -2.70. The van der Waals surface area contributed by atoms with E-state index >= 15 is 0 Å². The number of carbonyl (C=O) groups excluding carboxylic acids is 2. The van der Waals surface area contributed by atoms with Gasteiger partial charge in [0.05, 0.1) is 0 Å². The molecule has 0 aliphatic heterocycles. The van der Waals surface area contributed by atoms with Crippen molar-refractivity contribution in [2.75, 3.05) is 6.54 Å². The van der Waals surface area contributed by atoms with Crippen LogP contribution in [0.25, 0.3) is 11.5 Å². The molecule has 7 heteroatoms. The van der Waals surface area contributed by atoms with E-state index in [-0.39, 0.29) is 23.8 Å². The molecule has 4 saturated carbocycles. The third kappa shape index (κ3) is 4.36. The molecule has 1 heterocycles. The average Bonchev–Trinajstić information content (AvgIpc) is 3.22. The highest BCUT2D eigenvalue weighted by atomic mass is 16.6. The fourth-order valence-electron chi connectivity index (χ4n) is 6.47. The molecule has 1 unspecified atom stereocenters. The van der Waals surface area contributed by atoms with Crippen LogP contribution in [0.1, 0.15) is 63.9 Å². The minimum atomic E-state index is -0.683. The van der Waals surface area contributed by atoms with Gasteiger partial charge in [0.15, 0.2) is 6.10 Å². The van der Waals surface area contributed by atoms with Crippen LogP contribution in [0.2, 0.25) is 0 Å². The second-order valence-electron chi connectivity index (χ2n) is 9.81. The molecule has 4 aliphatic carbocycles. The number of nitrogens with one attached hydrogen (secondary N) is 1. The van der Waals surface area contributed by atoms with Gasteiger partial charge in [-0.3, -0.25) is 9.59 Å². The quantitative estimate of drug-likeness (QED) is 0.675. The maximum Gasteiger partial charge on any atom is 0.326 e. The molecule has 7 nitrogen and oxygen atoms in total. The number of ether oxygens (including phenoxy) is 1. The molecule has 164 valence electrons. The molecule has 1 aromatic carbocycles. The summed E-state index contributed by atoms with van der Waals surface area (Å²) in [4.78, 5) is 24.8. The first kappa shape index (κ1) is 20.2. The fraction of sp³-hybridized carbons (Fsp3) is 0.583. The van der Waals surface area contributed by atoms with E-state index in [1.54, 1.807) is 6.92 Å². The van der Waals surface area contributed by atoms with E-state index in [9.17, 15) is 9.59 Å². The first-order valence-corrected chi connectivity index (χ1v) is 11.3. The van der Waals surface area contributed by atoms with Crippen LogP contribution in [0.5, 0.6) is 0 Å². The molecular weight excluding hydrogens is 394 g/mol. The van der Waals surface area contributed by atoms with Crippen molar-refractivity contribution < 1.29 is 18.7 Å². The topological polar surface area (TPSA) is 94.3 Å². The SMILES string of the molecule is CC(OC(=O)CNC(=O)CC12CC3CC(CC(C3)C1)C2)c1nnc(-c2ccccc2)o1. The maximum absolute atomic E-state index is 12.6. The van der Waals surface area contributed by atoms with Crippen LogP contribution in [0.4, 0.5) is 0 Å². The van der Waals surface area contributed by atoms with Gasteiger partial charge in [-0.05, 0) is 80.8 Å². The van der Waals surface area contributed by atoms with E-state index in [0.717, 1.165) is 23.3 Å². The summed E-state index contributed by atoms with van der Waals surface area (Å²) in [5.74, 6) is 2.47. The van der Waals surface area contributed by atoms with Crippen LogP contribution in [0.15, 0.2) is 34.7 Å². The van der Waals surface area contributed by atoms with E-state index in [2.05, 4.69) is 15.5 Å². The lowest BCUT2D eigenvalue weighted by molar-refractivity contribution is -0.150. The Kier molecular flexibility index (Phi) is 5.28. The Morgan fingerprint density at radius 2 is 1.74 bits per heavy atom. The Labute approximate surface area is 181 Å². The monoisotopic (exact) mass is 423 g/mol. The lowest BCUT2D eigenvalue weighted by atomic mass is 9.49. The summed E-state index contributed by atoms with van der Waals surface area (Å²) in [6.07, 6.45) is 7.44. The largest absolute Gasteiger partial charge is 0.451 e. The molecule has 1 aromatic heterocycles. The van der Waals surface area contributed by atoms with Gasteiger partial charge in [0.25, 0.3) is 5.89 Å². The molecule has 4 aliphatic rings. The molecule has 31 heavy (non-hydrogen) atoms. The van der Waals surface area contributed by atoms with Crippen molar-refractivity contribution in [3.63, 3.8) is 0 Å². The molecule has 1 N–H and O–H groups in total. The summed E-state index contributed by atoms with van der Waals surface area (Å²) in [5.41, 5.74) is 0.963. The average molecular weight is 424 g/mol. The fourth-order valence-corrected chi connectivity index (χ4v) is 6.47. The van der Waals surface area contributed by atoms with Crippen molar-refractivity contribution in [2.45, 2.75) is 58.0 Å². The van der Waals surface area contributed by atoms with Gasteiger partial charge in [-0.2, -0.15) is 0 Å². The number of carbonyl (C=O) groups is 2. The predicted octanol–water partition coefficient (Wildman–Crippen LogP) is 4.06. The van der Waals surface area contributed by atoms with Crippen LogP contribution in [0, 0.1) is 23.2 Å². The van der Waals surface area contributed by atoms with Gasteiger partial charge in [-0.1, -0.05) is 18.2 Å². The lowest BCUT2D eigenvalue weighted by Gasteiger charge is -2.56. The summed E-state index contributed by atoms with van der Waals surface area (Å²) in [5, 5.41) is 10.8. The molecule has 0 spiro atoms. The normalized spacial score (nSPS) is 29.5. The number of amides is 1. The molecule has 1 amide bonds. The highest BCUT2D eigenvalue weighted by Crippen LogP contribution is 2.61. The smallest absolute Gasteiger partial charge is 0.326 e. The van der Waals surface area contributed by atoms with Crippen LogP contribution in [-0.4, -0.2) is 28.6 Å². The molecule has 4 fully saturated rings. The summed E-state index contributed by atoms with van der Waals surface area (Å²) >= 11 is 0. The lowest BCUT2D eigenvalue weighted by Crippen LogP contribution is -2.48. The summed E-state index contributed by atoms with van der Waals surface area (Å²) in [6.45, 7) is 1.53. The Bertz CT molecular complexity index is 919. The number of hydrogen-bond donors (Lipinski definition) is 1. The maximum atomic E-state index is 12.6. The molecule has 0 radical (unpaired) electrons. The third-order valence-electron chi connectivity index (χ3n) is 7.25. The predicted molar refractivity (Wildman–Crippen MR) is 112 cm³/mol. The number of hydrogen-bond acceptors (Lipinski definition) is 6. The summed E-state index contributed by atoms with van der Waals surface area (Å²) in [6, 6.07) is 9.41. The van der Waals surface area contributed by atoms with E-state index in [1.165, 1.54) is 38.5 Å². The summed E-state index contributed by atoms with van der Waals surface area (Å²) in [7, 11) is 0.